The van der Waals surface area contributed by atoms with Crippen molar-refractivity contribution in [3.05, 3.63) is 72.9 Å². The van der Waals surface area contributed by atoms with E-state index in [1.165, 1.54) is 77.0 Å². The van der Waals surface area contributed by atoms with Gasteiger partial charge in [-0.15, -0.1) is 0 Å². The normalized spacial score (nSPS) is 30.3. The Balaban J connectivity index is 1.44. The molecule has 4 aliphatic rings. The summed E-state index contributed by atoms with van der Waals surface area (Å²) in [6.45, 7) is 0. The molecular weight excluding hydrogens is 604 g/mol. The summed E-state index contributed by atoms with van der Waals surface area (Å²) >= 11 is -3.22. The molecule has 1 aromatic rings. The summed E-state index contributed by atoms with van der Waals surface area (Å²) in [6.07, 6.45) is 37.3. The first-order valence-electron chi connectivity index (χ1n) is 13.2. The van der Waals surface area contributed by atoms with Gasteiger partial charge in [0.15, 0.2) is 0 Å². The van der Waals surface area contributed by atoms with Gasteiger partial charge >= 0.3 is 213 Å². The average Bonchev–Trinajstić information content (AvgIpc) is 2.88. The van der Waals surface area contributed by atoms with Crippen molar-refractivity contribution in [1.82, 2.24) is 0 Å². The van der Waals surface area contributed by atoms with Crippen LogP contribution in [0.5, 0.6) is 0 Å². The van der Waals surface area contributed by atoms with Crippen molar-refractivity contribution in [1.29, 1.82) is 0 Å². The molecule has 32 heavy (non-hydrogen) atoms. The predicted octanol–water partition coefficient (Wildman–Crippen LogP) is 7.53. The van der Waals surface area contributed by atoms with Crippen LogP contribution >= 0.6 is 0 Å². The van der Waals surface area contributed by atoms with Crippen LogP contribution in [0.15, 0.2) is 72.9 Å². The molecule has 2 heteroatoms. The molecule has 4 atom stereocenters. The van der Waals surface area contributed by atoms with Gasteiger partial charge in [0.1, 0.15) is 0 Å². The molecule has 0 amide bonds. The molecule has 0 N–H and O–H groups in total. The molecule has 0 heterocycles. The molecule has 0 fully saturated rings. The van der Waals surface area contributed by atoms with Crippen molar-refractivity contribution in [2.45, 2.75) is 92.5 Å². The number of benzene rings is 1. The SMILES string of the molecule is C1=C[CH]([Sb]([c]2cc[c]([Sb]([CH]3C=CCCC3)[CH]3C=CCCC3)cc2)[CH]2C=CCCC2)CCC1. The molecule has 1 aromatic carbocycles. The van der Waals surface area contributed by atoms with E-state index in [1.807, 2.05) is 0 Å². The third kappa shape index (κ3) is 5.72. The van der Waals surface area contributed by atoms with Gasteiger partial charge in [0.05, 0.1) is 0 Å². The van der Waals surface area contributed by atoms with Gasteiger partial charge in [-0.3, -0.25) is 0 Å². The van der Waals surface area contributed by atoms with Crippen LogP contribution in [0.4, 0.5) is 0 Å². The van der Waals surface area contributed by atoms with Gasteiger partial charge in [-0.1, -0.05) is 0 Å². The quantitative estimate of drug-likeness (QED) is 0.222. The molecule has 0 aliphatic heterocycles. The average molecular weight is 644 g/mol. The fraction of sp³-hybridized carbons (Fsp3) is 0.533. The van der Waals surface area contributed by atoms with E-state index in [1.54, 1.807) is 7.02 Å². The van der Waals surface area contributed by atoms with Crippen LogP contribution in [-0.4, -0.2) is 40.4 Å². The van der Waals surface area contributed by atoms with Gasteiger partial charge in [-0.2, -0.15) is 0 Å². The number of hydrogen-bond acceptors (Lipinski definition) is 0. The summed E-state index contributed by atoms with van der Waals surface area (Å²) in [5, 5.41) is 0. The van der Waals surface area contributed by atoms with Gasteiger partial charge in [0, 0.05) is 0 Å². The molecule has 4 unspecified atom stereocenters. The first-order valence-corrected chi connectivity index (χ1v) is 21.7. The van der Waals surface area contributed by atoms with Gasteiger partial charge < -0.3 is 0 Å². The van der Waals surface area contributed by atoms with Crippen molar-refractivity contribution in [3.8, 4) is 0 Å². The fourth-order valence-electron chi connectivity index (χ4n) is 6.16. The minimum absolute atomic E-state index is 0.907. The Hall–Kier alpha value is -0.184. The van der Waals surface area contributed by atoms with Gasteiger partial charge in [-0.25, -0.2) is 0 Å². The Morgan fingerprint density at radius 3 is 0.938 bits per heavy atom. The molecule has 0 saturated carbocycles. The molecule has 4 aliphatic carbocycles. The van der Waals surface area contributed by atoms with E-state index in [2.05, 4.69) is 72.9 Å². The van der Waals surface area contributed by atoms with Gasteiger partial charge in [0.25, 0.3) is 0 Å². The van der Waals surface area contributed by atoms with E-state index in [9.17, 15) is 0 Å². The molecular formula is C30H40Sb2. The Labute approximate surface area is 211 Å². The molecule has 0 radical (unpaired) electrons. The first kappa shape index (κ1) is 23.6. The molecule has 0 bridgehead atoms. The van der Waals surface area contributed by atoms with Gasteiger partial charge in [0.2, 0.25) is 0 Å². The Morgan fingerprint density at radius 1 is 0.438 bits per heavy atom. The van der Waals surface area contributed by atoms with Crippen molar-refractivity contribution >= 4 is 47.4 Å². The summed E-state index contributed by atoms with van der Waals surface area (Å²) in [5.41, 5.74) is 0. The minimum atomic E-state index is -1.61. The van der Waals surface area contributed by atoms with Crippen LogP contribution in [0, 0.1) is 0 Å². The van der Waals surface area contributed by atoms with Crippen molar-refractivity contribution in [2.24, 2.45) is 0 Å². The van der Waals surface area contributed by atoms with Gasteiger partial charge in [-0.05, 0) is 0 Å². The maximum absolute atomic E-state index is 2.65. The summed E-state index contributed by atoms with van der Waals surface area (Å²) < 4.78 is 7.22. The van der Waals surface area contributed by atoms with E-state index in [0.717, 1.165) is 15.5 Å². The number of allylic oxidation sites excluding steroid dienone is 8. The van der Waals surface area contributed by atoms with E-state index in [0.29, 0.717) is 0 Å². The second-order valence-electron chi connectivity index (χ2n) is 10.0. The Morgan fingerprint density at radius 2 is 0.719 bits per heavy atom. The Kier molecular flexibility index (Phi) is 8.82. The van der Waals surface area contributed by atoms with E-state index in [-0.39, 0.29) is 0 Å². The summed E-state index contributed by atoms with van der Waals surface area (Å²) in [5.74, 6) is 0. The second kappa shape index (κ2) is 12.0. The zero-order valence-electron chi connectivity index (χ0n) is 19.6. The third-order valence-electron chi connectivity index (χ3n) is 7.79. The van der Waals surface area contributed by atoms with Crippen molar-refractivity contribution in [2.75, 3.05) is 0 Å². The molecule has 0 aromatic heterocycles. The zero-order valence-corrected chi connectivity index (χ0v) is 24.7. The van der Waals surface area contributed by atoms with Crippen molar-refractivity contribution < 1.29 is 0 Å². The first-order chi connectivity index (χ1) is 15.9. The number of hydrogen-bond donors (Lipinski definition) is 0. The van der Waals surface area contributed by atoms with Crippen LogP contribution in [0.25, 0.3) is 0 Å². The van der Waals surface area contributed by atoms with Crippen molar-refractivity contribution in [3.63, 3.8) is 0 Å². The summed E-state index contributed by atoms with van der Waals surface area (Å²) in [4.78, 5) is 0. The predicted molar refractivity (Wildman–Crippen MR) is 144 cm³/mol. The number of rotatable bonds is 6. The second-order valence-corrected chi connectivity index (χ2v) is 25.2. The third-order valence-corrected chi connectivity index (χ3v) is 26.0. The molecule has 5 rings (SSSR count). The van der Waals surface area contributed by atoms with E-state index < -0.39 is 40.4 Å². The van der Waals surface area contributed by atoms with Crippen LogP contribution in [0.3, 0.4) is 0 Å². The zero-order chi connectivity index (χ0) is 21.6. The molecule has 0 spiro atoms. The molecule has 0 saturated heterocycles. The maximum atomic E-state index is 2.65. The fourth-order valence-corrected chi connectivity index (χ4v) is 24.9. The van der Waals surface area contributed by atoms with E-state index in [4.69, 9.17) is 0 Å². The standard InChI is InChI=1S/4C6H9.C6H4.2Sb/c5*1-2-4-6-5-3-1;;/h4*1-3H,4-6H2;1-2,5-6H;;. The summed E-state index contributed by atoms with van der Waals surface area (Å²) in [7, 11) is 0. The van der Waals surface area contributed by atoms with E-state index >= 15 is 0 Å². The van der Waals surface area contributed by atoms with Crippen LogP contribution in [0.1, 0.15) is 77.0 Å². The van der Waals surface area contributed by atoms with Crippen LogP contribution < -0.4 is 7.02 Å². The Bertz CT molecular complexity index is 727. The van der Waals surface area contributed by atoms with Crippen LogP contribution in [-0.2, 0) is 0 Å². The molecule has 170 valence electrons. The molecule has 0 nitrogen and oxygen atoms in total. The summed E-state index contributed by atoms with van der Waals surface area (Å²) in [6, 6.07) is 10.6. The topological polar surface area (TPSA) is 0 Å². The van der Waals surface area contributed by atoms with Crippen LogP contribution in [0.2, 0.25) is 15.5 Å². The monoisotopic (exact) mass is 642 g/mol.